The van der Waals surface area contributed by atoms with Crippen LogP contribution in [0.3, 0.4) is 0 Å². The Morgan fingerprint density at radius 3 is 2.50 bits per heavy atom. The van der Waals surface area contributed by atoms with E-state index in [0.717, 1.165) is 52.9 Å². The Hall–Kier alpha value is -1.94. The van der Waals surface area contributed by atoms with E-state index in [-0.39, 0.29) is 22.7 Å². The summed E-state index contributed by atoms with van der Waals surface area (Å²) >= 11 is 1.14. The number of nitrogens with zero attached hydrogens (tertiary/aromatic N) is 2. The largest absolute Gasteiger partial charge is 0.497 e. The number of carbonyl (C=O) groups excluding carboxylic acids is 1. The molecule has 0 unspecified atom stereocenters. The minimum absolute atomic E-state index is 0.0411. The number of thiophene rings is 1. The number of methoxy groups -OCH3 is 1. The third-order valence-electron chi connectivity index (χ3n) is 5.35. The summed E-state index contributed by atoms with van der Waals surface area (Å²) in [6.45, 7) is 2.19. The van der Waals surface area contributed by atoms with E-state index < -0.39 is 10.0 Å². The van der Waals surface area contributed by atoms with E-state index in [1.807, 2.05) is 24.3 Å². The molecule has 0 bridgehead atoms. The Morgan fingerprint density at radius 1 is 1.20 bits per heavy atom. The average Bonchev–Trinajstić information content (AvgIpc) is 3.31. The Morgan fingerprint density at radius 2 is 1.90 bits per heavy atom. The number of rotatable bonds is 9. The maximum Gasteiger partial charge on any atom is 0.252 e. The normalized spacial score (nSPS) is 16.4. The molecule has 2 aromatic rings. The first-order valence-electron chi connectivity index (χ1n) is 10.1. The number of nitrogens with one attached hydrogen (secondary N) is 1. The van der Waals surface area contributed by atoms with Gasteiger partial charge in [-0.1, -0.05) is 24.6 Å². The van der Waals surface area contributed by atoms with Gasteiger partial charge in [0, 0.05) is 13.6 Å². The van der Waals surface area contributed by atoms with Gasteiger partial charge in [-0.05, 0) is 55.1 Å². The highest BCUT2D eigenvalue weighted by Crippen LogP contribution is 2.26. The molecule has 1 atom stereocenters. The highest BCUT2D eigenvalue weighted by Gasteiger charge is 2.26. The summed E-state index contributed by atoms with van der Waals surface area (Å²) in [6, 6.07) is 11.2. The van der Waals surface area contributed by atoms with Gasteiger partial charge in [0.1, 0.15) is 9.96 Å². The molecule has 30 heavy (non-hydrogen) atoms. The van der Waals surface area contributed by atoms with Gasteiger partial charge in [-0.2, -0.15) is 4.31 Å². The maximum atomic E-state index is 12.5. The number of likely N-dealkylation sites (N-methyl/N-ethyl adjacent to an activating group) is 1. The maximum absolute atomic E-state index is 12.5. The lowest BCUT2D eigenvalue weighted by Crippen LogP contribution is -2.43. The minimum atomic E-state index is -3.64. The predicted molar refractivity (Wildman–Crippen MR) is 118 cm³/mol. The first-order chi connectivity index (χ1) is 14.4. The third-order valence-corrected chi connectivity index (χ3v) is 8.53. The van der Waals surface area contributed by atoms with Crippen LogP contribution in [0.5, 0.6) is 5.75 Å². The summed E-state index contributed by atoms with van der Waals surface area (Å²) in [5, 5.41) is 4.65. The van der Waals surface area contributed by atoms with Crippen molar-refractivity contribution < 1.29 is 17.9 Å². The topological polar surface area (TPSA) is 79.0 Å². The van der Waals surface area contributed by atoms with Gasteiger partial charge in [0.2, 0.25) is 5.91 Å². The summed E-state index contributed by atoms with van der Waals surface area (Å²) in [4.78, 5) is 14.9. The molecule has 7 nitrogen and oxygen atoms in total. The zero-order valence-electron chi connectivity index (χ0n) is 17.4. The van der Waals surface area contributed by atoms with Gasteiger partial charge in [-0.25, -0.2) is 8.42 Å². The number of ether oxygens (including phenoxy) is 1. The number of hydrogen-bond acceptors (Lipinski definition) is 6. The number of benzene rings is 1. The first kappa shape index (κ1) is 22.7. The van der Waals surface area contributed by atoms with Crippen LogP contribution in [0, 0.1) is 0 Å². The van der Waals surface area contributed by atoms with Gasteiger partial charge in [0.05, 0.1) is 19.7 Å². The number of sulfonamides is 1. The Bertz CT molecular complexity index is 908. The SMILES string of the molecule is COc1ccc([C@@H](CNC(=O)CN(C)S(=O)(=O)c2cccs2)N2CCCCC2)cc1. The smallest absolute Gasteiger partial charge is 0.252 e. The molecule has 0 saturated carbocycles. The fourth-order valence-electron chi connectivity index (χ4n) is 3.63. The molecule has 3 rings (SSSR count). The Kier molecular flexibility index (Phi) is 7.87. The summed E-state index contributed by atoms with van der Waals surface area (Å²) in [5.41, 5.74) is 1.11. The fraction of sp³-hybridized carbons (Fsp3) is 0.476. The standard InChI is InChI=1S/C21H29N3O4S2/c1-23(30(26,27)21-7-6-14-29-21)16-20(25)22-15-19(24-12-4-3-5-13-24)17-8-10-18(28-2)11-9-17/h6-11,14,19H,3-5,12-13,15-16H2,1-2H3,(H,22,25)/t19-/m1/s1. The molecule has 9 heteroatoms. The van der Waals surface area contributed by atoms with E-state index in [4.69, 9.17) is 4.74 Å². The van der Waals surface area contributed by atoms with Crippen molar-refractivity contribution in [3.8, 4) is 5.75 Å². The van der Waals surface area contributed by atoms with Crippen LogP contribution in [0.25, 0.3) is 0 Å². The first-order valence-corrected chi connectivity index (χ1v) is 12.4. The zero-order valence-corrected chi connectivity index (χ0v) is 19.0. The van der Waals surface area contributed by atoms with Crippen LogP contribution in [0.1, 0.15) is 30.9 Å². The summed E-state index contributed by atoms with van der Waals surface area (Å²) < 4.78 is 31.7. The Balaban J connectivity index is 1.64. The van der Waals surface area contributed by atoms with E-state index in [2.05, 4.69) is 10.2 Å². The van der Waals surface area contributed by atoms with E-state index in [9.17, 15) is 13.2 Å². The number of amides is 1. The van der Waals surface area contributed by atoms with Crippen molar-refractivity contribution in [2.45, 2.75) is 29.5 Å². The predicted octanol–water partition coefficient (Wildman–Crippen LogP) is 2.72. The molecule has 1 amide bonds. The molecule has 1 aliphatic heterocycles. The second-order valence-electron chi connectivity index (χ2n) is 7.38. The van der Waals surface area contributed by atoms with Crippen LogP contribution in [-0.2, 0) is 14.8 Å². The second kappa shape index (κ2) is 10.4. The van der Waals surface area contributed by atoms with Crippen LogP contribution in [0.4, 0.5) is 0 Å². The number of hydrogen-bond donors (Lipinski definition) is 1. The summed E-state index contributed by atoms with van der Waals surface area (Å²) in [7, 11) is -0.575. The van der Waals surface area contributed by atoms with Crippen molar-refractivity contribution in [1.29, 1.82) is 0 Å². The number of likely N-dealkylation sites (tertiary alicyclic amines) is 1. The number of piperidine rings is 1. The van der Waals surface area contributed by atoms with E-state index in [0.29, 0.717) is 6.54 Å². The van der Waals surface area contributed by atoms with Crippen LogP contribution in [0.2, 0.25) is 0 Å². The highest BCUT2D eigenvalue weighted by atomic mass is 32.2. The van der Waals surface area contributed by atoms with Crippen LogP contribution in [-0.4, -0.2) is 63.9 Å². The molecule has 1 N–H and O–H groups in total. The van der Waals surface area contributed by atoms with Crippen molar-refractivity contribution in [2.75, 3.05) is 40.3 Å². The molecule has 2 heterocycles. The van der Waals surface area contributed by atoms with E-state index in [1.165, 1.54) is 13.5 Å². The molecule has 0 radical (unpaired) electrons. The molecule has 1 fully saturated rings. The molecule has 0 spiro atoms. The lowest BCUT2D eigenvalue weighted by molar-refractivity contribution is -0.121. The van der Waals surface area contributed by atoms with Crippen molar-refractivity contribution in [1.82, 2.24) is 14.5 Å². The summed E-state index contributed by atoms with van der Waals surface area (Å²) in [6.07, 6.45) is 3.51. The van der Waals surface area contributed by atoms with Crippen LogP contribution in [0.15, 0.2) is 46.0 Å². The quantitative estimate of drug-likeness (QED) is 0.634. The molecule has 1 aromatic carbocycles. The van der Waals surface area contributed by atoms with Crippen molar-refractivity contribution in [3.05, 3.63) is 47.3 Å². The van der Waals surface area contributed by atoms with Crippen molar-refractivity contribution >= 4 is 27.3 Å². The Labute approximate surface area is 182 Å². The molecule has 164 valence electrons. The average molecular weight is 452 g/mol. The minimum Gasteiger partial charge on any atom is -0.497 e. The summed E-state index contributed by atoms with van der Waals surface area (Å²) in [5.74, 6) is 0.480. The second-order valence-corrected chi connectivity index (χ2v) is 10.6. The molecule has 0 aliphatic carbocycles. The molecular weight excluding hydrogens is 422 g/mol. The highest BCUT2D eigenvalue weighted by molar-refractivity contribution is 7.91. The number of carbonyl (C=O) groups is 1. The molecule has 1 aliphatic rings. The van der Waals surface area contributed by atoms with Gasteiger partial charge in [-0.3, -0.25) is 9.69 Å². The van der Waals surface area contributed by atoms with Gasteiger partial charge >= 0.3 is 0 Å². The lowest BCUT2D eigenvalue weighted by atomic mass is 10.0. The van der Waals surface area contributed by atoms with Gasteiger partial charge in [0.25, 0.3) is 10.0 Å². The van der Waals surface area contributed by atoms with Crippen molar-refractivity contribution in [3.63, 3.8) is 0 Å². The van der Waals surface area contributed by atoms with Crippen molar-refractivity contribution in [2.24, 2.45) is 0 Å². The van der Waals surface area contributed by atoms with Gasteiger partial charge < -0.3 is 10.1 Å². The third kappa shape index (κ3) is 5.60. The van der Waals surface area contributed by atoms with Gasteiger partial charge in [0.15, 0.2) is 0 Å². The zero-order chi connectivity index (χ0) is 21.6. The lowest BCUT2D eigenvalue weighted by Gasteiger charge is -2.35. The van der Waals surface area contributed by atoms with E-state index >= 15 is 0 Å². The fourth-order valence-corrected chi connectivity index (χ4v) is 5.96. The van der Waals surface area contributed by atoms with E-state index in [1.54, 1.807) is 24.6 Å². The molecule has 1 aromatic heterocycles. The molecular formula is C21H29N3O4S2. The van der Waals surface area contributed by atoms with Crippen LogP contribution >= 0.6 is 11.3 Å². The van der Waals surface area contributed by atoms with Crippen LogP contribution < -0.4 is 10.1 Å². The monoisotopic (exact) mass is 451 g/mol. The molecule has 1 saturated heterocycles. The van der Waals surface area contributed by atoms with Gasteiger partial charge in [-0.15, -0.1) is 11.3 Å².